The largest absolute Gasteiger partial charge is 0.352 e. The number of hydrogen-bond acceptors (Lipinski definition) is 2. The molecule has 1 rings (SSSR count). The minimum Gasteiger partial charge on any atom is -0.352 e. The van der Waals surface area contributed by atoms with E-state index in [2.05, 4.69) is 27.7 Å². The Morgan fingerprint density at radius 3 is 2.50 bits per heavy atom. The maximum Gasteiger partial charge on any atom is 0.162 e. The van der Waals surface area contributed by atoms with Gasteiger partial charge in [0.2, 0.25) is 0 Å². The van der Waals surface area contributed by atoms with Gasteiger partial charge >= 0.3 is 0 Å². The summed E-state index contributed by atoms with van der Waals surface area (Å²) in [6, 6.07) is 0. The first-order valence-corrected chi connectivity index (χ1v) is 6.81. The smallest absolute Gasteiger partial charge is 0.162 e. The van der Waals surface area contributed by atoms with Crippen LogP contribution in [0, 0.1) is 5.41 Å². The summed E-state index contributed by atoms with van der Waals surface area (Å²) in [5.41, 5.74) is 0.0993. The number of hydrogen-bond donors (Lipinski definition) is 0. The van der Waals surface area contributed by atoms with Crippen LogP contribution in [-0.2, 0) is 9.47 Å². The topological polar surface area (TPSA) is 18.5 Å². The molecule has 0 N–H and O–H groups in total. The van der Waals surface area contributed by atoms with Crippen LogP contribution >= 0.6 is 0 Å². The summed E-state index contributed by atoms with van der Waals surface area (Å²) >= 11 is 0. The van der Waals surface area contributed by atoms with Gasteiger partial charge < -0.3 is 9.47 Å². The van der Waals surface area contributed by atoms with E-state index in [0.29, 0.717) is 6.10 Å². The molecule has 2 heteroatoms. The van der Waals surface area contributed by atoms with Crippen LogP contribution in [-0.4, -0.2) is 19.0 Å². The predicted octanol–water partition coefficient (Wildman–Crippen LogP) is 4.13. The first-order valence-electron chi connectivity index (χ1n) is 6.81. The van der Waals surface area contributed by atoms with Crippen molar-refractivity contribution in [3.8, 4) is 0 Å². The molecule has 96 valence electrons. The Bertz CT molecular complexity index is 184. The van der Waals surface area contributed by atoms with E-state index >= 15 is 0 Å². The summed E-state index contributed by atoms with van der Waals surface area (Å²) in [6.45, 7) is 9.65. The van der Waals surface area contributed by atoms with E-state index in [0.717, 1.165) is 13.0 Å². The van der Waals surface area contributed by atoms with Crippen LogP contribution in [0.15, 0.2) is 0 Å². The molecule has 1 fully saturated rings. The fourth-order valence-electron chi connectivity index (χ4n) is 2.05. The van der Waals surface area contributed by atoms with E-state index < -0.39 is 0 Å². The second-order valence-corrected chi connectivity index (χ2v) is 5.96. The molecule has 1 aliphatic heterocycles. The number of unbranched alkanes of at least 4 members (excludes halogenated alkanes) is 3. The minimum absolute atomic E-state index is 0.0163. The summed E-state index contributed by atoms with van der Waals surface area (Å²) in [7, 11) is 0. The highest BCUT2D eigenvalue weighted by Crippen LogP contribution is 2.29. The highest BCUT2D eigenvalue weighted by Gasteiger charge is 2.32. The van der Waals surface area contributed by atoms with Gasteiger partial charge in [0.1, 0.15) is 0 Å². The quantitative estimate of drug-likeness (QED) is 0.659. The minimum atomic E-state index is -0.0163. The van der Waals surface area contributed by atoms with Crippen LogP contribution in [0.2, 0.25) is 0 Å². The van der Waals surface area contributed by atoms with Crippen molar-refractivity contribution < 1.29 is 9.47 Å². The average Bonchev–Trinajstić information content (AvgIpc) is 2.24. The van der Waals surface area contributed by atoms with E-state index in [4.69, 9.17) is 9.47 Å². The highest BCUT2D eigenvalue weighted by molar-refractivity contribution is 4.73. The molecule has 1 aliphatic rings. The molecule has 0 radical (unpaired) electrons. The van der Waals surface area contributed by atoms with Crippen molar-refractivity contribution >= 4 is 0 Å². The molecule has 0 bridgehead atoms. The standard InChI is InChI=1S/C14H28O2/c1-5-6-7-8-9-12-10-11-15-13(16-12)14(2,3)4/h12-13H,5-11H2,1-4H3/t12-,13+/m0/s1. The average molecular weight is 228 g/mol. The molecule has 16 heavy (non-hydrogen) atoms. The van der Waals surface area contributed by atoms with Crippen molar-refractivity contribution in [2.75, 3.05) is 6.61 Å². The monoisotopic (exact) mass is 228 g/mol. The molecule has 0 spiro atoms. The van der Waals surface area contributed by atoms with Crippen molar-refractivity contribution in [3.05, 3.63) is 0 Å². The molecular formula is C14H28O2. The van der Waals surface area contributed by atoms with Gasteiger partial charge in [0.25, 0.3) is 0 Å². The lowest BCUT2D eigenvalue weighted by molar-refractivity contribution is -0.253. The number of ether oxygens (including phenoxy) is 2. The second-order valence-electron chi connectivity index (χ2n) is 5.96. The van der Waals surface area contributed by atoms with Crippen molar-refractivity contribution in [1.29, 1.82) is 0 Å². The van der Waals surface area contributed by atoms with Gasteiger partial charge in [-0.15, -0.1) is 0 Å². The zero-order valence-electron chi connectivity index (χ0n) is 11.4. The van der Waals surface area contributed by atoms with E-state index in [1.807, 2.05) is 0 Å². The third-order valence-electron chi connectivity index (χ3n) is 3.11. The molecular weight excluding hydrogens is 200 g/mol. The lowest BCUT2D eigenvalue weighted by Gasteiger charge is -2.37. The first kappa shape index (κ1) is 14.0. The molecule has 0 amide bonds. The zero-order valence-corrected chi connectivity index (χ0v) is 11.4. The normalized spacial score (nSPS) is 27.0. The van der Waals surface area contributed by atoms with Gasteiger partial charge in [0.05, 0.1) is 12.7 Å². The molecule has 2 nitrogen and oxygen atoms in total. The van der Waals surface area contributed by atoms with Crippen LogP contribution in [0.3, 0.4) is 0 Å². The summed E-state index contributed by atoms with van der Waals surface area (Å²) < 4.78 is 11.7. The van der Waals surface area contributed by atoms with Gasteiger partial charge in [-0.1, -0.05) is 53.4 Å². The fraction of sp³-hybridized carbons (Fsp3) is 1.00. The van der Waals surface area contributed by atoms with Crippen molar-refractivity contribution in [2.24, 2.45) is 5.41 Å². The molecule has 0 aromatic heterocycles. The predicted molar refractivity (Wildman–Crippen MR) is 67.4 cm³/mol. The summed E-state index contributed by atoms with van der Waals surface area (Å²) in [6.07, 6.45) is 7.99. The molecule has 0 aromatic carbocycles. The van der Waals surface area contributed by atoms with Gasteiger partial charge in [-0.05, 0) is 12.8 Å². The summed E-state index contributed by atoms with van der Waals surface area (Å²) in [5, 5.41) is 0. The Morgan fingerprint density at radius 1 is 1.12 bits per heavy atom. The maximum atomic E-state index is 6.01. The lowest BCUT2D eigenvalue weighted by Crippen LogP contribution is -2.40. The van der Waals surface area contributed by atoms with E-state index in [1.54, 1.807) is 0 Å². The molecule has 0 unspecified atom stereocenters. The third-order valence-corrected chi connectivity index (χ3v) is 3.11. The Balaban J connectivity index is 2.23. The van der Waals surface area contributed by atoms with Crippen molar-refractivity contribution in [2.45, 2.75) is 78.6 Å². The summed E-state index contributed by atoms with van der Waals surface area (Å²) in [4.78, 5) is 0. The highest BCUT2D eigenvalue weighted by atomic mass is 16.7. The van der Waals surface area contributed by atoms with Crippen molar-refractivity contribution in [1.82, 2.24) is 0 Å². The third kappa shape index (κ3) is 4.84. The fourth-order valence-corrected chi connectivity index (χ4v) is 2.05. The molecule has 0 aromatic rings. The van der Waals surface area contributed by atoms with Crippen LogP contribution in [0.5, 0.6) is 0 Å². The Kier molecular flexibility index (Phi) is 5.77. The van der Waals surface area contributed by atoms with Crippen LogP contribution in [0.25, 0.3) is 0 Å². The van der Waals surface area contributed by atoms with E-state index in [1.165, 1.54) is 32.1 Å². The zero-order chi connectivity index (χ0) is 12.0. The Morgan fingerprint density at radius 2 is 1.88 bits per heavy atom. The maximum absolute atomic E-state index is 6.01. The van der Waals surface area contributed by atoms with Gasteiger partial charge in [-0.3, -0.25) is 0 Å². The molecule has 0 aliphatic carbocycles. The van der Waals surface area contributed by atoms with Gasteiger partial charge in [-0.25, -0.2) is 0 Å². The number of rotatable bonds is 5. The Labute approximate surface area is 101 Å². The van der Waals surface area contributed by atoms with Crippen LogP contribution in [0.4, 0.5) is 0 Å². The molecule has 2 atom stereocenters. The Hall–Kier alpha value is -0.0800. The van der Waals surface area contributed by atoms with E-state index in [-0.39, 0.29) is 11.7 Å². The molecule has 0 saturated carbocycles. The molecule has 1 saturated heterocycles. The van der Waals surface area contributed by atoms with Crippen LogP contribution < -0.4 is 0 Å². The molecule has 1 heterocycles. The van der Waals surface area contributed by atoms with Crippen molar-refractivity contribution in [3.63, 3.8) is 0 Å². The van der Waals surface area contributed by atoms with Gasteiger partial charge in [0.15, 0.2) is 6.29 Å². The second kappa shape index (κ2) is 6.61. The first-order chi connectivity index (χ1) is 7.54. The summed E-state index contributed by atoms with van der Waals surface area (Å²) in [5.74, 6) is 0. The van der Waals surface area contributed by atoms with Gasteiger partial charge in [0, 0.05) is 5.41 Å². The van der Waals surface area contributed by atoms with Crippen LogP contribution in [0.1, 0.15) is 66.2 Å². The van der Waals surface area contributed by atoms with E-state index in [9.17, 15) is 0 Å². The lowest BCUT2D eigenvalue weighted by atomic mass is 9.94. The SMILES string of the molecule is CCCCCC[C@H]1CCO[C@@H](C(C)(C)C)O1. The van der Waals surface area contributed by atoms with Gasteiger partial charge in [-0.2, -0.15) is 0 Å².